The van der Waals surface area contributed by atoms with Gasteiger partial charge < -0.3 is 29.6 Å². The van der Waals surface area contributed by atoms with Gasteiger partial charge in [0.2, 0.25) is 5.95 Å². The summed E-state index contributed by atoms with van der Waals surface area (Å²) in [6.45, 7) is 5.28. The van der Waals surface area contributed by atoms with Crippen LogP contribution in [-0.4, -0.2) is 64.7 Å². The normalized spacial score (nSPS) is 15.6. The minimum Gasteiger partial charge on any atom is -0.493 e. The molecular formula is C25H31N7O3. The van der Waals surface area contributed by atoms with Gasteiger partial charge >= 0.3 is 0 Å². The number of anilines is 3. The molecule has 0 unspecified atom stereocenters. The molecule has 5 rings (SSSR count). The fourth-order valence-corrected chi connectivity index (χ4v) is 4.61. The van der Waals surface area contributed by atoms with E-state index in [0.717, 1.165) is 36.7 Å². The maximum Gasteiger partial charge on any atom is 0.255 e. The van der Waals surface area contributed by atoms with Gasteiger partial charge in [-0.15, -0.1) is 0 Å². The summed E-state index contributed by atoms with van der Waals surface area (Å²) < 4.78 is 11.5. The van der Waals surface area contributed by atoms with Crippen molar-refractivity contribution in [2.45, 2.75) is 32.2 Å². The van der Waals surface area contributed by atoms with Gasteiger partial charge in [0, 0.05) is 37.5 Å². The van der Waals surface area contributed by atoms with E-state index in [1.165, 1.54) is 32.3 Å². The molecule has 10 heteroatoms. The van der Waals surface area contributed by atoms with Crippen LogP contribution in [0, 0.1) is 0 Å². The minimum absolute atomic E-state index is 0.0988. The van der Waals surface area contributed by atoms with E-state index in [4.69, 9.17) is 9.47 Å². The third-order valence-electron chi connectivity index (χ3n) is 6.47. The highest BCUT2D eigenvalue weighted by atomic mass is 16.5. The fraction of sp³-hybridized carbons (Fsp3) is 0.440. The average molecular weight is 478 g/mol. The van der Waals surface area contributed by atoms with Crippen LogP contribution >= 0.6 is 0 Å². The lowest BCUT2D eigenvalue weighted by Crippen LogP contribution is -2.35. The van der Waals surface area contributed by atoms with Crippen LogP contribution in [0.5, 0.6) is 11.5 Å². The summed E-state index contributed by atoms with van der Waals surface area (Å²) in [5.74, 6) is 2.61. The van der Waals surface area contributed by atoms with Gasteiger partial charge in [0.05, 0.1) is 37.8 Å². The molecule has 35 heavy (non-hydrogen) atoms. The zero-order valence-electron chi connectivity index (χ0n) is 20.0. The number of aromatic amines is 1. The molecule has 184 valence electrons. The van der Waals surface area contributed by atoms with Gasteiger partial charge in [-0.3, -0.25) is 4.79 Å². The summed E-state index contributed by atoms with van der Waals surface area (Å²) in [4.78, 5) is 32.8. The van der Waals surface area contributed by atoms with Crippen LogP contribution < -0.4 is 25.2 Å². The highest BCUT2D eigenvalue weighted by Gasteiger charge is 2.21. The smallest absolute Gasteiger partial charge is 0.255 e. The zero-order valence-corrected chi connectivity index (χ0v) is 20.0. The first-order valence-corrected chi connectivity index (χ1v) is 12.1. The molecule has 2 N–H and O–H groups in total. The summed E-state index contributed by atoms with van der Waals surface area (Å²) in [5, 5.41) is 3.27. The molecule has 0 bridgehead atoms. The molecule has 3 aromatic rings. The number of hydrogen-bond acceptors (Lipinski definition) is 9. The molecule has 0 aliphatic carbocycles. The van der Waals surface area contributed by atoms with E-state index in [-0.39, 0.29) is 5.56 Å². The highest BCUT2D eigenvalue weighted by Crippen LogP contribution is 2.31. The predicted octanol–water partition coefficient (Wildman–Crippen LogP) is 2.74. The van der Waals surface area contributed by atoms with Crippen LogP contribution in [-0.2, 0) is 13.0 Å². The second kappa shape index (κ2) is 10.7. The third-order valence-corrected chi connectivity index (χ3v) is 6.47. The van der Waals surface area contributed by atoms with Crippen LogP contribution in [0.3, 0.4) is 0 Å². The molecule has 10 nitrogen and oxygen atoms in total. The number of hydrogen-bond donors (Lipinski definition) is 2. The molecule has 0 radical (unpaired) electrons. The van der Waals surface area contributed by atoms with E-state index in [2.05, 4.69) is 35.1 Å². The Morgan fingerprint density at radius 3 is 2.86 bits per heavy atom. The predicted molar refractivity (Wildman–Crippen MR) is 134 cm³/mol. The summed E-state index contributed by atoms with van der Waals surface area (Å²) >= 11 is 0. The molecule has 2 aliphatic rings. The van der Waals surface area contributed by atoms with Crippen LogP contribution in [0.1, 0.15) is 30.5 Å². The first kappa shape index (κ1) is 23.1. The zero-order chi connectivity index (χ0) is 24.0. The number of ether oxygens (including phenoxy) is 2. The van der Waals surface area contributed by atoms with Gasteiger partial charge in [0.25, 0.3) is 5.56 Å². The Balaban J connectivity index is 1.24. The maximum atomic E-state index is 12.2. The van der Waals surface area contributed by atoms with Crippen LogP contribution in [0.15, 0.2) is 41.6 Å². The molecule has 2 aliphatic heterocycles. The Kier molecular flexibility index (Phi) is 7.08. The molecule has 1 saturated heterocycles. The lowest BCUT2D eigenvalue weighted by Gasteiger charge is -2.28. The van der Waals surface area contributed by atoms with Gasteiger partial charge in [0.1, 0.15) is 5.82 Å². The van der Waals surface area contributed by atoms with Gasteiger partial charge in [0.15, 0.2) is 11.5 Å². The third kappa shape index (κ3) is 5.54. The van der Waals surface area contributed by atoms with E-state index in [1.54, 1.807) is 13.3 Å². The fourth-order valence-electron chi connectivity index (χ4n) is 4.61. The molecule has 2 aromatic heterocycles. The van der Waals surface area contributed by atoms with Crippen molar-refractivity contribution in [3.05, 3.63) is 58.4 Å². The van der Waals surface area contributed by atoms with Crippen LogP contribution in [0.25, 0.3) is 0 Å². The summed E-state index contributed by atoms with van der Waals surface area (Å²) in [7, 11) is 1.64. The van der Waals surface area contributed by atoms with Crippen molar-refractivity contribution >= 4 is 17.5 Å². The Hall–Kier alpha value is -3.66. The Morgan fingerprint density at radius 2 is 2.00 bits per heavy atom. The van der Waals surface area contributed by atoms with E-state index in [0.29, 0.717) is 42.6 Å². The molecule has 1 aromatic carbocycles. The molecule has 4 heterocycles. The number of fused-ring (bicyclic) bond motifs is 1. The lowest BCUT2D eigenvalue weighted by atomic mass is 10.1. The molecule has 1 fully saturated rings. The lowest BCUT2D eigenvalue weighted by molar-refractivity contribution is 0.254. The van der Waals surface area contributed by atoms with Gasteiger partial charge in [-0.05, 0) is 50.6 Å². The van der Waals surface area contributed by atoms with Crippen molar-refractivity contribution < 1.29 is 9.47 Å². The number of nitrogens with one attached hydrogen (secondary N) is 2. The number of H-pyrrole nitrogens is 1. The van der Waals surface area contributed by atoms with Crippen molar-refractivity contribution in [3.8, 4) is 11.5 Å². The number of rotatable bonds is 9. The van der Waals surface area contributed by atoms with Crippen LogP contribution in [0.2, 0.25) is 0 Å². The summed E-state index contributed by atoms with van der Waals surface area (Å²) in [5.41, 5.74) is 2.25. The van der Waals surface area contributed by atoms with Gasteiger partial charge in [-0.25, -0.2) is 9.97 Å². The topological polar surface area (TPSA) is 108 Å². The first-order valence-electron chi connectivity index (χ1n) is 12.1. The number of methoxy groups -OCH3 is 1. The quantitative estimate of drug-likeness (QED) is 0.450. The SMILES string of the molecule is COc1ccc(Nc2nccc(N3CCc4nc[nH]c(=O)c4C3)n2)cc1OCCCN1CCCC1. The summed E-state index contributed by atoms with van der Waals surface area (Å²) in [6, 6.07) is 7.55. The maximum absolute atomic E-state index is 12.2. The number of benzene rings is 1. The molecule has 0 atom stereocenters. The van der Waals surface area contributed by atoms with Crippen molar-refractivity contribution in [2.24, 2.45) is 0 Å². The molecule has 0 amide bonds. The largest absolute Gasteiger partial charge is 0.493 e. The van der Waals surface area contributed by atoms with E-state index >= 15 is 0 Å². The van der Waals surface area contributed by atoms with Crippen molar-refractivity contribution in [2.75, 3.05) is 50.1 Å². The van der Waals surface area contributed by atoms with E-state index in [1.807, 2.05) is 24.3 Å². The van der Waals surface area contributed by atoms with E-state index in [9.17, 15) is 4.79 Å². The number of aromatic nitrogens is 4. The Morgan fingerprint density at radius 1 is 1.11 bits per heavy atom. The average Bonchev–Trinajstić information content (AvgIpc) is 3.41. The van der Waals surface area contributed by atoms with E-state index < -0.39 is 0 Å². The van der Waals surface area contributed by atoms with Crippen molar-refractivity contribution in [3.63, 3.8) is 0 Å². The molecule has 0 spiro atoms. The number of nitrogens with zero attached hydrogens (tertiary/aromatic N) is 5. The van der Waals surface area contributed by atoms with Gasteiger partial charge in [-0.1, -0.05) is 0 Å². The van der Waals surface area contributed by atoms with Crippen LogP contribution in [0.4, 0.5) is 17.5 Å². The van der Waals surface area contributed by atoms with Crippen molar-refractivity contribution in [1.82, 2.24) is 24.8 Å². The monoisotopic (exact) mass is 477 g/mol. The second-order valence-corrected chi connectivity index (χ2v) is 8.81. The summed E-state index contributed by atoms with van der Waals surface area (Å²) in [6.07, 6.45) is 7.45. The number of likely N-dealkylation sites (tertiary alicyclic amines) is 1. The molecular weight excluding hydrogens is 446 g/mol. The first-order chi connectivity index (χ1) is 17.2. The highest BCUT2D eigenvalue weighted by molar-refractivity contribution is 5.60. The Bertz CT molecular complexity index is 1210. The molecule has 0 saturated carbocycles. The second-order valence-electron chi connectivity index (χ2n) is 8.81. The van der Waals surface area contributed by atoms with Crippen molar-refractivity contribution in [1.29, 1.82) is 0 Å². The minimum atomic E-state index is -0.0988. The van der Waals surface area contributed by atoms with Gasteiger partial charge in [-0.2, -0.15) is 4.98 Å². The Labute approximate surface area is 204 Å². The standard InChI is InChI=1S/C25H31N7O3/c1-34-21-6-5-18(15-22(21)35-14-4-12-31-10-2-3-11-31)29-25-26-9-7-23(30-25)32-13-8-20-19(16-32)24(33)28-17-27-20/h5-7,9,15,17H,2-4,8,10-14,16H2,1H3,(H,26,29,30)(H,27,28,33).